The van der Waals surface area contributed by atoms with Gasteiger partial charge in [-0.1, -0.05) is 48.5 Å². The number of carboxylic acid groups (broad SMARTS) is 1. The van der Waals surface area contributed by atoms with Crippen LogP contribution in [0, 0.1) is 0 Å². The summed E-state index contributed by atoms with van der Waals surface area (Å²) in [5, 5.41) is 26.4. The van der Waals surface area contributed by atoms with Gasteiger partial charge in [0.05, 0.1) is 12.9 Å². The normalized spacial score (nSPS) is 23.4. The smallest absolute Gasteiger partial charge is 0.328 e. The largest absolute Gasteiger partial charge is 0.480 e. The zero-order valence-electron chi connectivity index (χ0n) is 22.4. The van der Waals surface area contributed by atoms with Crippen molar-refractivity contribution in [2.24, 2.45) is 0 Å². The lowest BCUT2D eigenvalue weighted by molar-refractivity contribution is -0.162. The molecule has 0 aliphatic carbocycles. The van der Waals surface area contributed by atoms with Gasteiger partial charge in [0.15, 0.2) is 35.6 Å². The molecule has 2 fully saturated rings. The van der Waals surface area contributed by atoms with E-state index in [0.717, 1.165) is 5.56 Å². The van der Waals surface area contributed by atoms with Gasteiger partial charge in [-0.2, -0.15) is 0 Å². The fraction of sp³-hybridized carbons (Fsp3) is 0.286. The molecule has 2 saturated heterocycles. The van der Waals surface area contributed by atoms with Gasteiger partial charge in [0, 0.05) is 12.1 Å². The maximum Gasteiger partial charge on any atom is 0.328 e. The minimum absolute atomic E-state index is 0.138. The maximum absolute atomic E-state index is 13.2. The zero-order valence-corrected chi connectivity index (χ0v) is 22.4. The minimum Gasteiger partial charge on any atom is -0.480 e. The molecule has 4 aromatic rings. The summed E-state index contributed by atoms with van der Waals surface area (Å²) in [6.45, 7) is -0.810. The third-order valence-corrected chi connectivity index (χ3v) is 7.00. The molecule has 5 unspecified atom stereocenters. The number of carboxylic acids is 1. The predicted molar refractivity (Wildman–Crippen MR) is 149 cm³/mol. The highest BCUT2D eigenvalue weighted by molar-refractivity contribution is 6.02. The summed E-state index contributed by atoms with van der Waals surface area (Å²) in [4.78, 5) is 50.1. The Balaban J connectivity index is 1.26. The SMILES string of the molecule is O=C(Nc1ccccc1)Nc1ncnc2c1ncn2C1O[C@H](C(=O)NC(CO)C(=O)O)C2OC(Cc3ccccc3)OC21. The summed E-state index contributed by atoms with van der Waals surface area (Å²) in [5.74, 6) is -2.05. The molecule has 15 nitrogen and oxygen atoms in total. The van der Waals surface area contributed by atoms with Gasteiger partial charge in [0.2, 0.25) is 0 Å². The van der Waals surface area contributed by atoms with E-state index in [1.807, 2.05) is 36.4 Å². The Morgan fingerprint density at radius 1 is 0.907 bits per heavy atom. The average molecular weight is 590 g/mol. The number of rotatable bonds is 9. The minimum atomic E-state index is -1.53. The molecule has 0 radical (unpaired) electrons. The number of fused-ring (bicyclic) bond motifs is 2. The third kappa shape index (κ3) is 5.87. The van der Waals surface area contributed by atoms with E-state index in [2.05, 4.69) is 30.9 Å². The first-order valence-electron chi connectivity index (χ1n) is 13.4. The Bertz CT molecular complexity index is 1620. The fourth-order valence-corrected chi connectivity index (χ4v) is 5.01. The number of ether oxygens (including phenoxy) is 3. The second kappa shape index (κ2) is 12.1. The lowest BCUT2D eigenvalue weighted by Crippen LogP contribution is -2.50. The quantitative estimate of drug-likeness (QED) is 0.188. The van der Waals surface area contributed by atoms with E-state index in [0.29, 0.717) is 12.1 Å². The van der Waals surface area contributed by atoms with Crippen molar-refractivity contribution in [3.05, 3.63) is 78.9 Å². The standard InChI is InChI=1S/C28H27N7O8/c36-12-17(27(38)39)33-25(37)21-20-22(42-18(41-20)11-15-7-3-1-4-8-15)26(43-21)35-14-31-19-23(29-13-30-24(19)35)34-28(40)32-16-9-5-2-6-10-16/h1-10,13-14,17-18,20-22,26,36H,11-12H2,(H,33,37)(H,38,39)(H2,29,30,32,34,40)/t17?,18?,20?,21-,22?,26?/m0/s1. The van der Waals surface area contributed by atoms with E-state index in [-0.39, 0.29) is 17.0 Å². The monoisotopic (exact) mass is 589 g/mol. The van der Waals surface area contributed by atoms with Crippen molar-refractivity contribution in [2.75, 3.05) is 17.2 Å². The first-order valence-corrected chi connectivity index (χ1v) is 13.4. The number of anilines is 2. The van der Waals surface area contributed by atoms with Crippen LogP contribution in [0.25, 0.3) is 11.2 Å². The number of urea groups is 1. The molecule has 2 aromatic heterocycles. The Morgan fingerprint density at radius 2 is 1.63 bits per heavy atom. The van der Waals surface area contributed by atoms with E-state index < -0.39 is 61.4 Å². The van der Waals surface area contributed by atoms with Crippen molar-refractivity contribution < 1.29 is 38.8 Å². The van der Waals surface area contributed by atoms with Gasteiger partial charge in [0.1, 0.15) is 24.6 Å². The van der Waals surface area contributed by atoms with E-state index >= 15 is 0 Å². The highest BCUT2D eigenvalue weighted by Gasteiger charge is 2.56. The highest BCUT2D eigenvalue weighted by atomic mass is 16.8. The summed E-state index contributed by atoms with van der Waals surface area (Å²) in [6.07, 6.45) is -1.65. The summed E-state index contributed by atoms with van der Waals surface area (Å²) in [7, 11) is 0. The van der Waals surface area contributed by atoms with Crippen LogP contribution >= 0.6 is 0 Å². The van der Waals surface area contributed by atoms with Gasteiger partial charge in [-0.3, -0.25) is 14.7 Å². The van der Waals surface area contributed by atoms with Crippen LogP contribution in [0.15, 0.2) is 73.3 Å². The Hall–Kier alpha value is -4.96. The number of imidazole rings is 1. The van der Waals surface area contributed by atoms with Gasteiger partial charge >= 0.3 is 12.0 Å². The van der Waals surface area contributed by atoms with Crippen molar-refractivity contribution >= 4 is 40.6 Å². The van der Waals surface area contributed by atoms with Crippen LogP contribution in [-0.4, -0.2) is 84.9 Å². The molecule has 3 amide bonds. The Morgan fingerprint density at radius 3 is 2.35 bits per heavy atom. The fourth-order valence-electron chi connectivity index (χ4n) is 5.01. The summed E-state index contributed by atoms with van der Waals surface area (Å²) in [5.41, 5.74) is 2.07. The number of hydrogen-bond donors (Lipinski definition) is 5. The molecule has 43 heavy (non-hydrogen) atoms. The first kappa shape index (κ1) is 28.2. The van der Waals surface area contributed by atoms with Gasteiger partial charge in [-0.25, -0.2) is 24.5 Å². The van der Waals surface area contributed by atoms with Crippen LogP contribution in [0.3, 0.4) is 0 Å². The van der Waals surface area contributed by atoms with Crippen molar-refractivity contribution in [1.82, 2.24) is 24.8 Å². The number of aliphatic carboxylic acids is 1. The number of aliphatic hydroxyl groups is 1. The number of carbonyl (C=O) groups excluding carboxylic acids is 2. The number of nitrogens with one attached hydrogen (secondary N) is 3. The molecule has 5 N–H and O–H groups in total. The number of carbonyl (C=O) groups is 3. The molecule has 0 spiro atoms. The van der Waals surface area contributed by atoms with Crippen molar-refractivity contribution in [3.8, 4) is 0 Å². The average Bonchev–Trinajstić information content (AvgIpc) is 3.71. The summed E-state index contributed by atoms with van der Waals surface area (Å²) < 4.78 is 20.0. The molecule has 0 bridgehead atoms. The molecule has 6 atom stereocenters. The summed E-state index contributed by atoms with van der Waals surface area (Å²) in [6, 6.07) is 16.3. The third-order valence-electron chi connectivity index (χ3n) is 7.00. The number of para-hydroxylation sites is 1. The number of aliphatic hydroxyl groups excluding tert-OH is 1. The number of aromatic nitrogens is 4. The van der Waals surface area contributed by atoms with Crippen molar-refractivity contribution in [1.29, 1.82) is 0 Å². The van der Waals surface area contributed by atoms with E-state index in [1.165, 1.54) is 17.2 Å². The molecule has 0 saturated carbocycles. The molecule has 2 aliphatic heterocycles. The zero-order chi connectivity index (χ0) is 29.9. The Labute approximate surface area is 243 Å². The highest BCUT2D eigenvalue weighted by Crippen LogP contribution is 2.41. The van der Waals surface area contributed by atoms with Crippen LogP contribution in [0.1, 0.15) is 11.8 Å². The molecule has 2 aliphatic rings. The topological polar surface area (TPSA) is 199 Å². The van der Waals surface area contributed by atoms with Gasteiger partial charge < -0.3 is 35.1 Å². The number of amides is 3. The summed E-state index contributed by atoms with van der Waals surface area (Å²) >= 11 is 0. The molecule has 2 aromatic carbocycles. The van der Waals surface area contributed by atoms with Crippen LogP contribution in [0.4, 0.5) is 16.3 Å². The lowest BCUT2D eigenvalue weighted by atomic mass is 10.1. The van der Waals surface area contributed by atoms with Crippen molar-refractivity contribution in [2.45, 2.75) is 43.3 Å². The Kier molecular flexibility index (Phi) is 7.93. The van der Waals surface area contributed by atoms with E-state index in [1.54, 1.807) is 24.3 Å². The van der Waals surface area contributed by atoms with Crippen molar-refractivity contribution in [3.63, 3.8) is 0 Å². The van der Waals surface area contributed by atoms with E-state index in [4.69, 9.17) is 14.2 Å². The second-order valence-electron chi connectivity index (χ2n) is 9.84. The van der Waals surface area contributed by atoms with Gasteiger partial charge in [-0.05, 0) is 17.7 Å². The van der Waals surface area contributed by atoms with Gasteiger partial charge in [-0.15, -0.1) is 0 Å². The van der Waals surface area contributed by atoms with Crippen LogP contribution in [0.2, 0.25) is 0 Å². The molecule has 222 valence electrons. The van der Waals surface area contributed by atoms with Crippen LogP contribution in [0.5, 0.6) is 0 Å². The number of nitrogens with zero attached hydrogens (tertiary/aromatic N) is 4. The van der Waals surface area contributed by atoms with Crippen LogP contribution < -0.4 is 16.0 Å². The van der Waals surface area contributed by atoms with Crippen LogP contribution in [-0.2, 0) is 30.2 Å². The maximum atomic E-state index is 13.2. The van der Waals surface area contributed by atoms with Gasteiger partial charge in [0.25, 0.3) is 5.91 Å². The van der Waals surface area contributed by atoms with E-state index in [9.17, 15) is 24.6 Å². The predicted octanol–water partition coefficient (Wildman–Crippen LogP) is 1.28. The molecule has 15 heteroatoms. The molecular weight excluding hydrogens is 562 g/mol. The number of hydrogen-bond acceptors (Lipinski definition) is 10. The molecule has 6 rings (SSSR count). The number of benzene rings is 2. The lowest BCUT2D eigenvalue weighted by Gasteiger charge is -2.22. The molecular formula is C28H27N7O8. The first-order chi connectivity index (χ1) is 20.9. The molecule has 4 heterocycles. The second-order valence-corrected chi connectivity index (χ2v) is 9.84.